The van der Waals surface area contributed by atoms with Crippen molar-refractivity contribution < 1.29 is 14.5 Å². The fraction of sp³-hybridized carbons (Fsp3) is 0. The molecule has 2 aromatic carbocycles. The van der Waals surface area contributed by atoms with Crippen LogP contribution in [0.2, 0.25) is 0 Å². The summed E-state index contributed by atoms with van der Waals surface area (Å²) in [5.41, 5.74) is 6.41. The third kappa shape index (κ3) is 3.60. The second-order valence-corrected chi connectivity index (χ2v) is 6.40. The molecule has 7 nitrogen and oxygen atoms in total. The van der Waals surface area contributed by atoms with E-state index in [1.54, 1.807) is 6.07 Å². The highest BCUT2D eigenvalue weighted by Gasteiger charge is 2.18. The summed E-state index contributed by atoms with van der Waals surface area (Å²) < 4.78 is 0. The number of primary amides is 1. The maximum absolute atomic E-state index is 12.4. The molecular formula is C18H13N3O4S. The number of nitro groups is 1. The quantitative estimate of drug-likeness (QED) is 0.528. The first-order valence-corrected chi connectivity index (χ1v) is 8.32. The molecule has 0 saturated heterocycles. The Hall–Kier alpha value is -3.52. The van der Waals surface area contributed by atoms with Gasteiger partial charge >= 0.3 is 0 Å². The van der Waals surface area contributed by atoms with Gasteiger partial charge in [0.2, 0.25) is 0 Å². The fourth-order valence-electron chi connectivity index (χ4n) is 2.35. The summed E-state index contributed by atoms with van der Waals surface area (Å²) in [5, 5.41) is 13.8. The Balaban J connectivity index is 1.93. The molecule has 0 unspecified atom stereocenters. The Morgan fingerprint density at radius 2 is 1.77 bits per heavy atom. The first kappa shape index (κ1) is 17.3. The lowest BCUT2D eigenvalue weighted by Gasteiger charge is -2.04. The Kier molecular flexibility index (Phi) is 4.76. The highest BCUT2D eigenvalue weighted by molar-refractivity contribution is 7.20. The first-order chi connectivity index (χ1) is 12.5. The molecule has 3 N–H and O–H groups in total. The SMILES string of the molecule is NC(=O)c1cc(-c2ccccc2)sc1NC(=O)c1cccc([N+](=O)[O-])c1. The number of carbonyl (C=O) groups is 2. The van der Waals surface area contributed by atoms with Crippen LogP contribution < -0.4 is 11.1 Å². The van der Waals surface area contributed by atoms with Gasteiger partial charge in [0, 0.05) is 22.6 Å². The van der Waals surface area contributed by atoms with Crippen LogP contribution in [-0.4, -0.2) is 16.7 Å². The molecule has 0 aliphatic carbocycles. The van der Waals surface area contributed by atoms with Crippen LogP contribution in [0.5, 0.6) is 0 Å². The molecule has 8 heteroatoms. The number of carbonyl (C=O) groups excluding carboxylic acids is 2. The first-order valence-electron chi connectivity index (χ1n) is 7.50. The largest absolute Gasteiger partial charge is 0.366 e. The number of non-ortho nitro benzene ring substituents is 1. The van der Waals surface area contributed by atoms with Crippen LogP contribution in [-0.2, 0) is 0 Å². The molecule has 0 bridgehead atoms. The Labute approximate surface area is 152 Å². The Morgan fingerprint density at radius 3 is 2.42 bits per heavy atom. The fourth-order valence-corrected chi connectivity index (χ4v) is 3.41. The van der Waals surface area contributed by atoms with Crippen molar-refractivity contribution in [3.8, 4) is 10.4 Å². The highest BCUT2D eigenvalue weighted by Crippen LogP contribution is 2.35. The number of hydrogen-bond acceptors (Lipinski definition) is 5. The van der Waals surface area contributed by atoms with Gasteiger partial charge in [0.05, 0.1) is 10.5 Å². The summed E-state index contributed by atoms with van der Waals surface area (Å²) in [6, 6.07) is 16.3. The van der Waals surface area contributed by atoms with Gasteiger partial charge in [-0.3, -0.25) is 19.7 Å². The number of amides is 2. The van der Waals surface area contributed by atoms with Crippen molar-refractivity contribution in [3.63, 3.8) is 0 Å². The number of thiophene rings is 1. The third-order valence-corrected chi connectivity index (χ3v) is 4.70. The van der Waals surface area contributed by atoms with E-state index in [9.17, 15) is 19.7 Å². The Morgan fingerprint density at radius 1 is 1.04 bits per heavy atom. The van der Waals surface area contributed by atoms with E-state index >= 15 is 0 Å². The monoisotopic (exact) mass is 367 g/mol. The number of nitrogens with zero attached hydrogens (tertiary/aromatic N) is 1. The van der Waals surface area contributed by atoms with Crippen molar-refractivity contribution in [2.24, 2.45) is 5.73 Å². The molecule has 1 aromatic heterocycles. The van der Waals surface area contributed by atoms with Gasteiger partial charge in [-0.25, -0.2) is 0 Å². The minimum atomic E-state index is -0.669. The number of nitrogens with one attached hydrogen (secondary N) is 1. The standard InChI is InChI=1S/C18H13N3O4S/c19-16(22)14-10-15(11-5-2-1-3-6-11)26-18(14)20-17(23)12-7-4-8-13(9-12)21(24)25/h1-10H,(H2,19,22)(H,20,23). The number of nitrogens with two attached hydrogens (primary N) is 1. The molecule has 0 aliphatic heterocycles. The van der Waals surface area contributed by atoms with Crippen LogP contribution in [0, 0.1) is 10.1 Å². The third-order valence-electron chi connectivity index (χ3n) is 3.60. The van der Waals surface area contributed by atoms with Crippen molar-refractivity contribution >= 4 is 33.8 Å². The van der Waals surface area contributed by atoms with Crippen molar-refractivity contribution in [2.75, 3.05) is 5.32 Å². The van der Waals surface area contributed by atoms with Crippen LogP contribution in [0.3, 0.4) is 0 Å². The van der Waals surface area contributed by atoms with E-state index in [1.165, 1.54) is 35.6 Å². The molecule has 0 atom stereocenters. The van der Waals surface area contributed by atoms with Gasteiger partial charge in [0.15, 0.2) is 0 Å². The molecule has 26 heavy (non-hydrogen) atoms. The second kappa shape index (κ2) is 7.16. The second-order valence-electron chi connectivity index (χ2n) is 5.35. The number of rotatable bonds is 5. The van der Waals surface area contributed by atoms with Crippen molar-refractivity contribution in [1.82, 2.24) is 0 Å². The molecule has 3 rings (SSSR count). The molecule has 2 amide bonds. The Bertz CT molecular complexity index is 999. The summed E-state index contributed by atoms with van der Waals surface area (Å²) >= 11 is 1.21. The van der Waals surface area contributed by atoms with E-state index in [4.69, 9.17) is 5.73 Å². The maximum atomic E-state index is 12.4. The van der Waals surface area contributed by atoms with Gasteiger partial charge in [-0.1, -0.05) is 36.4 Å². The van der Waals surface area contributed by atoms with Crippen molar-refractivity contribution in [1.29, 1.82) is 0 Å². The smallest absolute Gasteiger partial charge is 0.270 e. The lowest BCUT2D eigenvalue weighted by molar-refractivity contribution is -0.384. The minimum absolute atomic E-state index is 0.115. The van der Waals surface area contributed by atoms with Gasteiger partial charge in [-0.2, -0.15) is 0 Å². The molecule has 1 heterocycles. The van der Waals surface area contributed by atoms with E-state index in [2.05, 4.69) is 5.32 Å². The summed E-state index contributed by atoms with van der Waals surface area (Å²) in [4.78, 5) is 35.2. The van der Waals surface area contributed by atoms with E-state index in [0.29, 0.717) is 5.00 Å². The lowest BCUT2D eigenvalue weighted by atomic mass is 10.1. The van der Waals surface area contributed by atoms with Crippen LogP contribution in [0.15, 0.2) is 60.7 Å². The molecule has 0 saturated carbocycles. The molecular weight excluding hydrogens is 354 g/mol. The zero-order valence-corrected chi connectivity index (χ0v) is 14.2. The van der Waals surface area contributed by atoms with Crippen LogP contribution in [0.1, 0.15) is 20.7 Å². The summed E-state index contributed by atoms with van der Waals surface area (Å²) in [5.74, 6) is -1.23. The van der Waals surface area contributed by atoms with E-state index < -0.39 is 16.7 Å². The van der Waals surface area contributed by atoms with Gasteiger partial charge in [0.1, 0.15) is 5.00 Å². The lowest BCUT2D eigenvalue weighted by Crippen LogP contribution is -2.16. The highest BCUT2D eigenvalue weighted by atomic mass is 32.1. The summed E-state index contributed by atoms with van der Waals surface area (Å²) in [6.45, 7) is 0. The molecule has 0 aliphatic rings. The zero-order chi connectivity index (χ0) is 18.7. The van der Waals surface area contributed by atoms with Gasteiger partial charge < -0.3 is 11.1 Å². The van der Waals surface area contributed by atoms with Crippen LogP contribution in [0.4, 0.5) is 10.7 Å². The van der Waals surface area contributed by atoms with E-state index in [-0.39, 0.29) is 16.8 Å². The summed E-state index contributed by atoms with van der Waals surface area (Å²) in [6.07, 6.45) is 0. The average Bonchev–Trinajstić information content (AvgIpc) is 3.06. The molecule has 3 aromatic rings. The van der Waals surface area contributed by atoms with Crippen LogP contribution >= 0.6 is 11.3 Å². The predicted molar refractivity (Wildman–Crippen MR) is 99.3 cm³/mol. The molecule has 0 spiro atoms. The molecule has 0 fully saturated rings. The predicted octanol–water partition coefficient (Wildman–Crippen LogP) is 3.67. The zero-order valence-electron chi connectivity index (χ0n) is 13.3. The van der Waals surface area contributed by atoms with Crippen molar-refractivity contribution in [2.45, 2.75) is 0 Å². The van der Waals surface area contributed by atoms with Crippen LogP contribution in [0.25, 0.3) is 10.4 Å². The normalized spacial score (nSPS) is 10.3. The number of benzene rings is 2. The van der Waals surface area contributed by atoms with Gasteiger partial charge in [0.25, 0.3) is 17.5 Å². The molecule has 130 valence electrons. The number of nitro benzene ring substituents is 1. The van der Waals surface area contributed by atoms with Gasteiger partial charge in [-0.15, -0.1) is 11.3 Å². The van der Waals surface area contributed by atoms with Crippen molar-refractivity contribution in [3.05, 3.63) is 81.9 Å². The summed E-state index contributed by atoms with van der Waals surface area (Å²) in [7, 11) is 0. The minimum Gasteiger partial charge on any atom is -0.366 e. The maximum Gasteiger partial charge on any atom is 0.270 e. The average molecular weight is 367 g/mol. The number of anilines is 1. The van der Waals surface area contributed by atoms with Gasteiger partial charge in [-0.05, 0) is 17.7 Å². The molecule has 0 radical (unpaired) electrons. The van der Waals surface area contributed by atoms with E-state index in [0.717, 1.165) is 10.4 Å². The topological polar surface area (TPSA) is 115 Å². The number of hydrogen-bond donors (Lipinski definition) is 2. The van der Waals surface area contributed by atoms with E-state index in [1.807, 2.05) is 30.3 Å².